The second-order valence-electron chi connectivity index (χ2n) is 7.69. The number of aliphatic hydroxyl groups is 1. The van der Waals surface area contributed by atoms with Crippen molar-refractivity contribution in [3.63, 3.8) is 0 Å². The quantitative estimate of drug-likeness (QED) is 0.808. The molecule has 2 aliphatic rings. The summed E-state index contributed by atoms with van der Waals surface area (Å²) in [5.74, 6) is -0.364. The molecule has 152 valence electrons. The number of hydrogen-bond acceptors (Lipinski definition) is 3. The Labute approximate surface area is 175 Å². The number of urea groups is 1. The van der Waals surface area contributed by atoms with Crippen molar-refractivity contribution in [1.82, 2.24) is 15.1 Å². The van der Waals surface area contributed by atoms with E-state index in [2.05, 4.69) is 5.32 Å². The van der Waals surface area contributed by atoms with E-state index >= 15 is 0 Å². The van der Waals surface area contributed by atoms with Crippen LogP contribution in [0.2, 0.25) is 5.02 Å². The van der Waals surface area contributed by atoms with Crippen LogP contribution in [0.3, 0.4) is 0 Å². The van der Waals surface area contributed by atoms with Crippen LogP contribution in [-0.2, 0) is 11.3 Å². The fourth-order valence-corrected chi connectivity index (χ4v) is 4.40. The second kappa shape index (κ2) is 8.05. The second-order valence-corrected chi connectivity index (χ2v) is 8.07. The molecule has 0 spiro atoms. The highest BCUT2D eigenvalue weighted by molar-refractivity contribution is 6.34. The van der Waals surface area contributed by atoms with Gasteiger partial charge in [0.15, 0.2) is 0 Å². The summed E-state index contributed by atoms with van der Waals surface area (Å²) in [7, 11) is 1.81. The van der Waals surface area contributed by atoms with Gasteiger partial charge in [-0.05, 0) is 23.1 Å². The van der Waals surface area contributed by atoms with Crippen LogP contribution in [0.15, 0.2) is 42.5 Å². The largest absolute Gasteiger partial charge is 0.373 e. The minimum Gasteiger partial charge on any atom is -0.373 e. The van der Waals surface area contributed by atoms with E-state index in [1.165, 1.54) is 0 Å². The Morgan fingerprint density at radius 2 is 1.90 bits per heavy atom. The van der Waals surface area contributed by atoms with Crippen molar-refractivity contribution in [2.24, 2.45) is 0 Å². The van der Waals surface area contributed by atoms with Crippen molar-refractivity contribution in [1.29, 1.82) is 0 Å². The van der Waals surface area contributed by atoms with Gasteiger partial charge in [0.25, 0.3) is 0 Å². The molecule has 2 heterocycles. The van der Waals surface area contributed by atoms with Crippen LogP contribution in [0.25, 0.3) is 11.1 Å². The van der Waals surface area contributed by atoms with Crippen LogP contribution in [0.4, 0.5) is 4.79 Å². The molecule has 2 aromatic rings. The van der Waals surface area contributed by atoms with Gasteiger partial charge in [0.2, 0.25) is 5.91 Å². The summed E-state index contributed by atoms with van der Waals surface area (Å²) < 4.78 is 0. The van der Waals surface area contributed by atoms with E-state index in [1.807, 2.05) is 54.4 Å². The molecule has 0 saturated carbocycles. The molecule has 6 nitrogen and oxygen atoms in total. The lowest BCUT2D eigenvalue weighted by molar-refractivity contribution is -0.127. The number of aliphatic hydroxyl groups excluding tert-OH is 1. The van der Waals surface area contributed by atoms with Gasteiger partial charge in [-0.1, -0.05) is 54.1 Å². The summed E-state index contributed by atoms with van der Waals surface area (Å²) in [4.78, 5) is 27.1. The molecule has 0 aliphatic carbocycles. The average Bonchev–Trinajstić information content (AvgIpc) is 3.02. The Balaban J connectivity index is 1.54. The number of likely N-dealkylation sites (N-methyl/N-ethyl adjacent to an activating group) is 1. The molecule has 4 rings (SSSR count). The number of carbonyl (C=O) groups is 2. The number of nitrogens with one attached hydrogen (secondary N) is 1. The van der Waals surface area contributed by atoms with Gasteiger partial charge in [0.05, 0.1) is 5.02 Å². The minimum absolute atomic E-state index is 0.0583. The third kappa shape index (κ3) is 3.95. The highest BCUT2D eigenvalue weighted by atomic mass is 35.5. The van der Waals surface area contributed by atoms with Gasteiger partial charge >= 0.3 is 6.03 Å². The normalized spacial score (nSPS) is 22.2. The highest BCUT2D eigenvalue weighted by Gasteiger charge is 2.30. The Bertz CT molecular complexity index is 931. The number of amides is 3. The highest BCUT2D eigenvalue weighted by Crippen LogP contribution is 2.38. The molecule has 2 unspecified atom stereocenters. The predicted molar refractivity (Wildman–Crippen MR) is 111 cm³/mol. The summed E-state index contributed by atoms with van der Waals surface area (Å²) in [5.41, 5.74) is 3.76. The summed E-state index contributed by atoms with van der Waals surface area (Å²) >= 11 is 6.71. The van der Waals surface area contributed by atoms with Crippen molar-refractivity contribution in [2.45, 2.75) is 31.5 Å². The predicted octanol–water partition coefficient (Wildman–Crippen LogP) is 3.19. The van der Waals surface area contributed by atoms with Crippen molar-refractivity contribution in [2.75, 3.05) is 20.1 Å². The smallest absolute Gasteiger partial charge is 0.320 e. The summed E-state index contributed by atoms with van der Waals surface area (Å²) in [6, 6.07) is 13.9. The van der Waals surface area contributed by atoms with E-state index in [9.17, 15) is 14.7 Å². The Kier molecular flexibility index (Phi) is 5.48. The van der Waals surface area contributed by atoms with Crippen LogP contribution < -0.4 is 5.32 Å². The summed E-state index contributed by atoms with van der Waals surface area (Å²) in [6.45, 7) is 2.09. The summed E-state index contributed by atoms with van der Waals surface area (Å²) in [6.07, 6.45) is 0.0111. The van der Waals surface area contributed by atoms with Crippen molar-refractivity contribution in [3.8, 4) is 11.1 Å². The zero-order valence-corrected chi connectivity index (χ0v) is 17.0. The van der Waals surface area contributed by atoms with E-state index < -0.39 is 6.23 Å². The van der Waals surface area contributed by atoms with Gasteiger partial charge in [-0.25, -0.2) is 4.79 Å². The standard InChI is InChI=1S/C22H24ClN3O3/c1-25-11-12-26(22(25)29)13-14-5-7-15(8-6-14)16-3-2-4-17(20(16)23)18-9-10-19(27)24-21(18)28/h2-8,18,21,28H,9-13H2,1H3,(H,24,27). The fraction of sp³-hybridized carbons (Fsp3) is 0.364. The van der Waals surface area contributed by atoms with E-state index in [0.717, 1.165) is 35.3 Å². The van der Waals surface area contributed by atoms with E-state index in [1.54, 1.807) is 4.90 Å². The van der Waals surface area contributed by atoms with Crippen molar-refractivity contribution in [3.05, 3.63) is 58.6 Å². The molecule has 2 N–H and O–H groups in total. The van der Waals surface area contributed by atoms with Crippen LogP contribution in [0.5, 0.6) is 0 Å². The van der Waals surface area contributed by atoms with E-state index in [-0.39, 0.29) is 17.9 Å². The molecule has 2 fully saturated rings. The zero-order chi connectivity index (χ0) is 20.5. The van der Waals surface area contributed by atoms with E-state index in [4.69, 9.17) is 11.6 Å². The summed E-state index contributed by atoms with van der Waals surface area (Å²) in [5, 5.41) is 13.4. The average molecular weight is 414 g/mol. The topological polar surface area (TPSA) is 72.9 Å². The van der Waals surface area contributed by atoms with Crippen LogP contribution >= 0.6 is 11.6 Å². The first-order valence-electron chi connectivity index (χ1n) is 9.79. The van der Waals surface area contributed by atoms with Gasteiger partial charge in [-0.3, -0.25) is 4.79 Å². The maximum Gasteiger partial charge on any atom is 0.320 e. The number of rotatable bonds is 4. The third-order valence-corrected chi connectivity index (χ3v) is 6.16. The molecule has 0 radical (unpaired) electrons. The van der Waals surface area contributed by atoms with Crippen molar-refractivity contribution < 1.29 is 14.7 Å². The number of piperidine rings is 1. The number of hydrogen-bond donors (Lipinski definition) is 2. The third-order valence-electron chi connectivity index (χ3n) is 5.74. The molecular weight excluding hydrogens is 390 g/mol. The number of benzene rings is 2. The van der Waals surface area contributed by atoms with Gasteiger partial charge in [-0.15, -0.1) is 0 Å². The maximum absolute atomic E-state index is 12.1. The minimum atomic E-state index is -0.928. The van der Waals surface area contributed by atoms with Crippen LogP contribution in [-0.4, -0.2) is 53.2 Å². The molecule has 3 amide bonds. The number of nitrogens with zero attached hydrogens (tertiary/aromatic N) is 2. The van der Waals surface area contributed by atoms with Gasteiger partial charge in [0.1, 0.15) is 6.23 Å². The fourth-order valence-electron chi connectivity index (χ4n) is 4.03. The molecule has 2 aliphatic heterocycles. The zero-order valence-electron chi connectivity index (χ0n) is 16.3. The molecule has 2 atom stereocenters. The SMILES string of the molecule is CN1CCN(Cc2ccc(-c3cccc(C4CCC(=O)NC4O)c3Cl)cc2)C1=O. The monoisotopic (exact) mass is 413 g/mol. The molecular formula is C22H24ClN3O3. The van der Waals surface area contributed by atoms with Gasteiger partial charge in [-0.2, -0.15) is 0 Å². The first kappa shape index (κ1) is 19.7. The maximum atomic E-state index is 12.1. The molecule has 0 bridgehead atoms. The molecule has 29 heavy (non-hydrogen) atoms. The first-order valence-corrected chi connectivity index (χ1v) is 10.2. The Hall–Kier alpha value is -2.57. The molecule has 2 saturated heterocycles. The van der Waals surface area contributed by atoms with E-state index in [0.29, 0.717) is 24.4 Å². The Morgan fingerprint density at radius 1 is 1.14 bits per heavy atom. The Morgan fingerprint density at radius 3 is 2.55 bits per heavy atom. The first-order chi connectivity index (χ1) is 13.9. The molecule has 7 heteroatoms. The van der Waals surface area contributed by atoms with Crippen LogP contribution in [0.1, 0.15) is 29.9 Å². The number of carbonyl (C=O) groups excluding carboxylic acids is 2. The molecule has 2 aromatic carbocycles. The lowest BCUT2D eigenvalue weighted by atomic mass is 9.87. The molecule has 0 aromatic heterocycles. The van der Waals surface area contributed by atoms with Gasteiger partial charge in [0, 0.05) is 44.6 Å². The number of halogens is 1. The lowest BCUT2D eigenvalue weighted by Gasteiger charge is -2.29. The lowest BCUT2D eigenvalue weighted by Crippen LogP contribution is -2.43. The van der Waals surface area contributed by atoms with Crippen molar-refractivity contribution >= 4 is 23.5 Å². The van der Waals surface area contributed by atoms with Crippen LogP contribution in [0, 0.1) is 0 Å². The van der Waals surface area contributed by atoms with Gasteiger partial charge < -0.3 is 20.2 Å².